The Balaban J connectivity index is 1.62. The van der Waals surface area contributed by atoms with Gasteiger partial charge in [-0.25, -0.2) is 8.42 Å². The van der Waals surface area contributed by atoms with Crippen LogP contribution < -0.4 is 10.1 Å². The molecule has 0 saturated carbocycles. The molecule has 0 aromatic heterocycles. The number of hydrogen-bond acceptors (Lipinski definition) is 6. The highest BCUT2D eigenvalue weighted by molar-refractivity contribution is 7.89. The maximum atomic E-state index is 13.2. The van der Waals surface area contributed by atoms with Crippen LogP contribution in [0, 0.1) is 0 Å². The van der Waals surface area contributed by atoms with Gasteiger partial charge in [-0.1, -0.05) is 12.1 Å². The summed E-state index contributed by atoms with van der Waals surface area (Å²) in [4.78, 5) is 27.9. The largest absolute Gasteiger partial charge is 0.496 e. The zero-order valence-electron chi connectivity index (χ0n) is 18.5. The van der Waals surface area contributed by atoms with Crippen LogP contribution in [-0.4, -0.2) is 75.9 Å². The molecular formula is C23H27N3O6S. The normalized spacial score (nSPS) is 17.1. The van der Waals surface area contributed by atoms with Crippen LogP contribution in [0.5, 0.6) is 5.75 Å². The van der Waals surface area contributed by atoms with E-state index in [9.17, 15) is 18.0 Å². The van der Waals surface area contributed by atoms with Gasteiger partial charge in [0.05, 0.1) is 42.0 Å². The summed E-state index contributed by atoms with van der Waals surface area (Å²) in [6.45, 7) is 2.53. The third kappa shape index (κ3) is 4.87. The lowest BCUT2D eigenvalue weighted by Gasteiger charge is -2.26. The molecule has 0 spiro atoms. The second-order valence-electron chi connectivity index (χ2n) is 7.88. The van der Waals surface area contributed by atoms with Gasteiger partial charge in [-0.2, -0.15) is 4.31 Å². The number of para-hydroxylation sites is 1. The standard InChI is InChI=1S/C23H27N3O6S/c1-31-21-9-8-17(33(29,30)26-12-14-32-15-13-26)16-19(21)22(27)24-20-7-3-2-6-18(20)23(28)25-10-4-5-11-25/h2-3,6-9,16H,4-5,10-15H2,1H3,(H,24,27). The molecule has 1 N–H and O–H groups in total. The number of carbonyl (C=O) groups excluding carboxylic acids is 2. The zero-order chi connectivity index (χ0) is 23.4. The monoisotopic (exact) mass is 473 g/mol. The van der Waals surface area contributed by atoms with Crippen LogP contribution in [0.3, 0.4) is 0 Å². The minimum absolute atomic E-state index is 0.00298. The highest BCUT2D eigenvalue weighted by atomic mass is 32.2. The maximum Gasteiger partial charge on any atom is 0.259 e. The molecular weight excluding hydrogens is 446 g/mol. The molecule has 0 atom stereocenters. The number of ether oxygens (including phenoxy) is 2. The summed E-state index contributed by atoms with van der Waals surface area (Å²) in [5.41, 5.74) is 0.821. The van der Waals surface area contributed by atoms with Crippen molar-refractivity contribution >= 4 is 27.5 Å². The summed E-state index contributed by atoms with van der Waals surface area (Å²) < 4.78 is 38.0. The number of sulfonamides is 1. The molecule has 176 valence electrons. The molecule has 10 heteroatoms. The van der Waals surface area contributed by atoms with Crippen LogP contribution in [-0.2, 0) is 14.8 Å². The molecule has 2 aliphatic heterocycles. The van der Waals surface area contributed by atoms with Crippen LogP contribution in [0.2, 0.25) is 0 Å². The number of benzene rings is 2. The van der Waals surface area contributed by atoms with Crippen LogP contribution in [0.15, 0.2) is 47.4 Å². The molecule has 2 aromatic carbocycles. The summed E-state index contributed by atoms with van der Waals surface area (Å²) in [6, 6.07) is 11.0. The predicted molar refractivity (Wildman–Crippen MR) is 122 cm³/mol. The number of rotatable bonds is 6. The van der Waals surface area contributed by atoms with E-state index in [1.165, 1.54) is 29.6 Å². The minimum atomic E-state index is -3.79. The van der Waals surface area contributed by atoms with E-state index in [0.29, 0.717) is 37.6 Å². The molecule has 0 radical (unpaired) electrons. The average molecular weight is 474 g/mol. The molecule has 9 nitrogen and oxygen atoms in total. The second kappa shape index (κ2) is 9.90. The van der Waals surface area contributed by atoms with Crippen LogP contribution in [0.25, 0.3) is 0 Å². The number of morpholine rings is 1. The first-order valence-electron chi connectivity index (χ1n) is 10.9. The molecule has 2 saturated heterocycles. The first-order chi connectivity index (χ1) is 15.9. The fourth-order valence-corrected chi connectivity index (χ4v) is 5.45. The molecule has 4 rings (SSSR count). The van der Waals surface area contributed by atoms with Crippen molar-refractivity contribution in [3.05, 3.63) is 53.6 Å². The predicted octanol–water partition coefficient (Wildman–Crippen LogP) is 2.20. The van der Waals surface area contributed by atoms with Gasteiger partial charge in [0.2, 0.25) is 10.0 Å². The van der Waals surface area contributed by atoms with Crippen molar-refractivity contribution in [2.45, 2.75) is 17.7 Å². The van der Waals surface area contributed by atoms with Crippen molar-refractivity contribution in [1.82, 2.24) is 9.21 Å². The Bertz CT molecular complexity index is 1140. The zero-order valence-corrected chi connectivity index (χ0v) is 19.3. The van der Waals surface area contributed by atoms with Crippen molar-refractivity contribution in [2.24, 2.45) is 0 Å². The van der Waals surface area contributed by atoms with Crippen LogP contribution in [0.1, 0.15) is 33.6 Å². The van der Waals surface area contributed by atoms with Crippen molar-refractivity contribution in [2.75, 3.05) is 51.8 Å². The molecule has 2 aliphatic rings. The minimum Gasteiger partial charge on any atom is -0.496 e. The Hall–Kier alpha value is -2.95. The molecule has 33 heavy (non-hydrogen) atoms. The molecule has 2 fully saturated rings. The molecule has 2 amide bonds. The van der Waals surface area contributed by atoms with Crippen LogP contribution in [0.4, 0.5) is 5.69 Å². The number of anilines is 1. The molecule has 2 heterocycles. The van der Waals surface area contributed by atoms with E-state index in [1.807, 2.05) is 0 Å². The van der Waals surface area contributed by atoms with E-state index < -0.39 is 15.9 Å². The van der Waals surface area contributed by atoms with Gasteiger partial charge in [-0.3, -0.25) is 9.59 Å². The van der Waals surface area contributed by atoms with Gasteiger partial charge < -0.3 is 19.7 Å². The Morgan fingerprint density at radius 2 is 1.67 bits per heavy atom. The van der Waals surface area contributed by atoms with Gasteiger partial charge in [-0.15, -0.1) is 0 Å². The van der Waals surface area contributed by atoms with E-state index in [4.69, 9.17) is 9.47 Å². The van der Waals surface area contributed by atoms with Gasteiger partial charge in [-0.05, 0) is 43.2 Å². The summed E-state index contributed by atoms with van der Waals surface area (Å²) >= 11 is 0. The van der Waals surface area contributed by atoms with E-state index >= 15 is 0 Å². The lowest BCUT2D eigenvalue weighted by Crippen LogP contribution is -2.40. The van der Waals surface area contributed by atoms with Crippen molar-refractivity contribution < 1.29 is 27.5 Å². The quantitative estimate of drug-likeness (QED) is 0.690. The number of likely N-dealkylation sites (tertiary alicyclic amines) is 1. The van der Waals surface area contributed by atoms with Gasteiger partial charge in [0.1, 0.15) is 5.75 Å². The van der Waals surface area contributed by atoms with Gasteiger partial charge in [0.25, 0.3) is 11.8 Å². The molecule has 0 aliphatic carbocycles. The lowest BCUT2D eigenvalue weighted by molar-refractivity contribution is 0.0730. The summed E-state index contributed by atoms with van der Waals surface area (Å²) in [7, 11) is -2.38. The highest BCUT2D eigenvalue weighted by Gasteiger charge is 2.28. The highest BCUT2D eigenvalue weighted by Crippen LogP contribution is 2.27. The number of nitrogens with zero attached hydrogens (tertiary/aromatic N) is 2. The first-order valence-corrected chi connectivity index (χ1v) is 12.3. The number of carbonyl (C=O) groups is 2. The number of hydrogen-bond donors (Lipinski definition) is 1. The fourth-order valence-electron chi connectivity index (χ4n) is 4.02. The van der Waals surface area contributed by atoms with E-state index in [0.717, 1.165) is 12.8 Å². The Kier molecular flexibility index (Phi) is 6.96. The van der Waals surface area contributed by atoms with Gasteiger partial charge in [0.15, 0.2) is 0 Å². The average Bonchev–Trinajstić information content (AvgIpc) is 3.39. The lowest BCUT2D eigenvalue weighted by atomic mass is 10.1. The van der Waals surface area contributed by atoms with Crippen molar-refractivity contribution in [1.29, 1.82) is 0 Å². The summed E-state index contributed by atoms with van der Waals surface area (Å²) in [5, 5.41) is 2.77. The van der Waals surface area contributed by atoms with Gasteiger partial charge >= 0.3 is 0 Å². The number of amides is 2. The van der Waals surface area contributed by atoms with E-state index in [2.05, 4.69) is 5.32 Å². The van der Waals surface area contributed by atoms with Crippen molar-refractivity contribution in [3.8, 4) is 5.75 Å². The molecule has 0 bridgehead atoms. The fraction of sp³-hybridized carbons (Fsp3) is 0.391. The Morgan fingerprint density at radius 1 is 0.970 bits per heavy atom. The third-order valence-electron chi connectivity index (χ3n) is 5.82. The van der Waals surface area contributed by atoms with Gasteiger partial charge in [0, 0.05) is 26.2 Å². The van der Waals surface area contributed by atoms with E-state index in [-0.39, 0.29) is 35.2 Å². The number of methoxy groups -OCH3 is 1. The first kappa shape index (κ1) is 23.2. The van der Waals surface area contributed by atoms with E-state index in [1.54, 1.807) is 29.2 Å². The second-order valence-corrected chi connectivity index (χ2v) is 9.82. The Labute approximate surface area is 193 Å². The Morgan fingerprint density at radius 3 is 2.36 bits per heavy atom. The smallest absolute Gasteiger partial charge is 0.259 e. The maximum absolute atomic E-state index is 13.2. The molecule has 2 aromatic rings. The molecule has 0 unspecified atom stereocenters. The third-order valence-corrected chi connectivity index (χ3v) is 7.72. The van der Waals surface area contributed by atoms with Crippen molar-refractivity contribution in [3.63, 3.8) is 0 Å². The topological polar surface area (TPSA) is 105 Å². The summed E-state index contributed by atoms with van der Waals surface area (Å²) in [6.07, 6.45) is 1.92. The number of nitrogens with one attached hydrogen (secondary N) is 1. The van der Waals surface area contributed by atoms with Crippen LogP contribution >= 0.6 is 0 Å². The SMILES string of the molecule is COc1ccc(S(=O)(=O)N2CCOCC2)cc1C(=O)Nc1ccccc1C(=O)N1CCCC1. The summed E-state index contributed by atoms with van der Waals surface area (Å²) in [5.74, 6) is -0.469.